The fourth-order valence-electron chi connectivity index (χ4n) is 1.81. The molecule has 1 aliphatic rings. The first-order chi connectivity index (χ1) is 7.74. The van der Waals surface area contributed by atoms with Crippen molar-refractivity contribution in [2.45, 2.75) is 32.3 Å². The summed E-state index contributed by atoms with van der Waals surface area (Å²) < 4.78 is 0. The Bertz CT molecular complexity index is 241. The summed E-state index contributed by atoms with van der Waals surface area (Å²) in [4.78, 5) is 11.4. The van der Waals surface area contributed by atoms with Crippen LogP contribution in [-0.4, -0.2) is 36.8 Å². The van der Waals surface area contributed by atoms with E-state index in [1.807, 2.05) is 19.1 Å². The van der Waals surface area contributed by atoms with Gasteiger partial charge in [0.1, 0.15) is 0 Å². The number of carbonyl (C=O) groups is 1. The molecule has 0 saturated carbocycles. The minimum atomic E-state index is -0.333. The lowest BCUT2D eigenvalue weighted by molar-refractivity contribution is -0.120. The summed E-state index contributed by atoms with van der Waals surface area (Å²) in [5.41, 5.74) is 0. The van der Waals surface area contributed by atoms with Gasteiger partial charge >= 0.3 is 0 Å². The summed E-state index contributed by atoms with van der Waals surface area (Å²) in [5.74, 6) is 0.232. The summed E-state index contributed by atoms with van der Waals surface area (Å²) in [6.45, 7) is 4.19. The van der Waals surface area contributed by atoms with Crippen molar-refractivity contribution in [1.82, 2.24) is 10.6 Å². The molecule has 0 unspecified atom stereocenters. The van der Waals surface area contributed by atoms with Crippen molar-refractivity contribution in [3.63, 3.8) is 0 Å². The van der Waals surface area contributed by atoms with E-state index in [2.05, 4.69) is 10.6 Å². The molecular weight excluding hydrogens is 204 g/mol. The molecule has 0 bridgehead atoms. The van der Waals surface area contributed by atoms with E-state index >= 15 is 0 Å². The van der Waals surface area contributed by atoms with Crippen LogP contribution in [0.5, 0.6) is 0 Å². The van der Waals surface area contributed by atoms with E-state index in [1.54, 1.807) is 0 Å². The zero-order valence-electron chi connectivity index (χ0n) is 9.91. The number of piperidine rings is 1. The van der Waals surface area contributed by atoms with Crippen LogP contribution in [0.15, 0.2) is 12.2 Å². The Labute approximate surface area is 97.1 Å². The average Bonchev–Trinajstić information content (AvgIpc) is 2.28. The Balaban J connectivity index is 2.17. The Kier molecular flexibility index (Phi) is 6.11. The number of β-amino-alcohol motifs (C(OH)–C–C–N with tert-alkyl or cyclic N) is 1. The highest BCUT2D eigenvalue weighted by Crippen LogP contribution is 2.11. The van der Waals surface area contributed by atoms with Gasteiger partial charge in [-0.05, 0) is 19.4 Å². The molecule has 1 aliphatic heterocycles. The van der Waals surface area contributed by atoms with Crippen molar-refractivity contribution in [1.29, 1.82) is 0 Å². The third-order valence-corrected chi connectivity index (χ3v) is 2.86. The van der Waals surface area contributed by atoms with E-state index in [9.17, 15) is 9.90 Å². The van der Waals surface area contributed by atoms with Gasteiger partial charge in [-0.15, -0.1) is 0 Å². The van der Waals surface area contributed by atoms with Crippen LogP contribution in [-0.2, 0) is 4.79 Å². The Morgan fingerprint density at radius 1 is 1.56 bits per heavy atom. The molecule has 0 aromatic rings. The highest BCUT2D eigenvalue weighted by molar-refractivity contribution is 5.77. The maximum Gasteiger partial charge on any atom is 0.223 e. The molecular formula is C12H22N2O2. The lowest BCUT2D eigenvalue weighted by atomic mass is 9.95. The lowest BCUT2D eigenvalue weighted by Crippen LogP contribution is -2.45. The molecule has 0 aromatic carbocycles. The number of aliphatic hydroxyl groups excluding tert-OH is 1. The van der Waals surface area contributed by atoms with Crippen molar-refractivity contribution in [3.05, 3.63) is 12.2 Å². The minimum absolute atomic E-state index is 0.0374. The number of nitrogens with one attached hydrogen (secondary N) is 2. The van der Waals surface area contributed by atoms with Crippen LogP contribution >= 0.6 is 0 Å². The van der Waals surface area contributed by atoms with Gasteiger partial charge in [0, 0.05) is 25.4 Å². The topological polar surface area (TPSA) is 61.4 Å². The number of allylic oxidation sites excluding steroid dienone is 1. The van der Waals surface area contributed by atoms with Crippen LogP contribution in [0.2, 0.25) is 0 Å². The summed E-state index contributed by atoms with van der Waals surface area (Å²) in [6.07, 6.45) is 5.86. The molecule has 2 atom stereocenters. The van der Waals surface area contributed by atoms with Gasteiger partial charge in [0.05, 0.1) is 6.10 Å². The van der Waals surface area contributed by atoms with E-state index in [1.165, 1.54) is 0 Å². The molecule has 4 nitrogen and oxygen atoms in total. The summed E-state index contributed by atoms with van der Waals surface area (Å²) in [5, 5.41) is 15.7. The molecule has 1 rings (SSSR count). The fourth-order valence-corrected chi connectivity index (χ4v) is 1.81. The Morgan fingerprint density at radius 2 is 2.38 bits per heavy atom. The maximum atomic E-state index is 11.4. The van der Waals surface area contributed by atoms with E-state index in [0.717, 1.165) is 19.4 Å². The van der Waals surface area contributed by atoms with E-state index < -0.39 is 0 Å². The first-order valence-corrected chi connectivity index (χ1v) is 6.04. The average molecular weight is 226 g/mol. The predicted octanol–water partition coefficient (Wildman–Crippen LogP) is 0.429. The lowest BCUT2D eigenvalue weighted by Gasteiger charge is -2.28. The van der Waals surface area contributed by atoms with Crippen molar-refractivity contribution in [3.8, 4) is 0 Å². The molecule has 92 valence electrons. The SMILES string of the molecule is CC/C=C/CC(=O)NC[C@@H]1CCNC[C@H]1O. The smallest absolute Gasteiger partial charge is 0.223 e. The zero-order valence-corrected chi connectivity index (χ0v) is 9.91. The molecule has 4 heteroatoms. The summed E-state index contributed by atoms with van der Waals surface area (Å²) >= 11 is 0. The van der Waals surface area contributed by atoms with Crippen LogP contribution < -0.4 is 10.6 Å². The standard InChI is InChI=1S/C12H22N2O2/c1-2-3-4-5-12(16)14-8-10-6-7-13-9-11(10)15/h3-4,10-11,13,15H,2,5-9H2,1H3,(H,14,16)/b4-3+/t10-,11+/m0/s1. The van der Waals surface area contributed by atoms with Gasteiger partial charge in [-0.25, -0.2) is 0 Å². The number of amides is 1. The first kappa shape index (κ1) is 13.2. The molecule has 1 heterocycles. The number of carbonyl (C=O) groups excluding carboxylic acids is 1. The summed E-state index contributed by atoms with van der Waals surface area (Å²) in [6, 6.07) is 0. The number of aliphatic hydroxyl groups is 1. The van der Waals surface area contributed by atoms with Gasteiger partial charge in [-0.3, -0.25) is 4.79 Å². The molecule has 1 saturated heterocycles. The van der Waals surface area contributed by atoms with Gasteiger partial charge in [0.15, 0.2) is 0 Å². The van der Waals surface area contributed by atoms with Crippen molar-refractivity contribution in [2.75, 3.05) is 19.6 Å². The second-order valence-corrected chi connectivity index (χ2v) is 4.21. The molecule has 1 amide bonds. The quantitative estimate of drug-likeness (QED) is 0.596. The third-order valence-electron chi connectivity index (χ3n) is 2.86. The number of hydrogen-bond donors (Lipinski definition) is 3. The van der Waals surface area contributed by atoms with E-state index in [4.69, 9.17) is 0 Å². The number of hydrogen-bond acceptors (Lipinski definition) is 3. The van der Waals surface area contributed by atoms with E-state index in [-0.39, 0.29) is 17.9 Å². The zero-order chi connectivity index (χ0) is 11.8. The van der Waals surface area contributed by atoms with E-state index in [0.29, 0.717) is 19.5 Å². The van der Waals surface area contributed by atoms with Gasteiger partial charge in [0.25, 0.3) is 0 Å². The predicted molar refractivity (Wildman–Crippen MR) is 64.0 cm³/mol. The largest absolute Gasteiger partial charge is 0.391 e. The van der Waals surface area contributed by atoms with Crippen LogP contribution in [0.4, 0.5) is 0 Å². The van der Waals surface area contributed by atoms with Crippen LogP contribution in [0.1, 0.15) is 26.2 Å². The highest BCUT2D eigenvalue weighted by atomic mass is 16.3. The van der Waals surface area contributed by atoms with Gasteiger partial charge < -0.3 is 15.7 Å². The van der Waals surface area contributed by atoms with Crippen molar-refractivity contribution >= 4 is 5.91 Å². The number of rotatable bonds is 5. The van der Waals surface area contributed by atoms with Crippen LogP contribution in [0.25, 0.3) is 0 Å². The Morgan fingerprint density at radius 3 is 3.06 bits per heavy atom. The van der Waals surface area contributed by atoms with Crippen LogP contribution in [0.3, 0.4) is 0 Å². The first-order valence-electron chi connectivity index (χ1n) is 6.04. The summed E-state index contributed by atoms with van der Waals surface area (Å²) in [7, 11) is 0. The molecule has 0 radical (unpaired) electrons. The van der Waals surface area contributed by atoms with Crippen LogP contribution in [0, 0.1) is 5.92 Å². The fraction of sp³-hybridized carbons (Fsp3) is 0.750. The maximum absolute atomic E-state index is 11.4. The van der Waals surface area contributed by atoms with Gasteiger partial charge in [0.2, 0.25) is 5.91 Å². The van der Waals surface area contributed by atoms with Gasteiger partial charge in [-0.2, -0.15) is 0 Å². The molecule has 0 aromatic heterocycles. The monoisotopic (exact) mass is 226 g/mol. The minimum Gasteiger partial charge on any atom is -0.391 e. The van der Waals surface area contributed by atoms with Gasteiger partial charge in [-0.1, -0.05) is 19.1 Å². The normalized spacial score (nSPS) is 25.9. The molecule has 3 N–H and O–H groups in total. The molecule has 0 spiro atoms. The van der Waals surface area contributed by atoms with Crippen molar-refractivity contribution in [2.24, 2.45) is 5.92 Å². The van der Waals surface area contributed by atoms with Crippen molar-refractivity contribution < 1.29 is 9.90 Å². The highest BCUT2D eigenvalue weighted by Gasteiger charge is 2.22. The second-order valence-electron chi connectivity index (χ2n) is 4.21. The molecule has 16 heavy (non-hydrogen) atoms. The third kappa shape index (κ3) is 4.77. The molecule has 1 fully saturated rings. The Hall–Kier alpha value is -0.870. The second kappa shape index (κ2) is 7.41. The molecule has 0 aliphatic carbocycles.